The number of rotatable bonds is 4. The summed E-state index contributed by atoms with van der Waals surface area (Å²) in [5.41, 5.74) is 0.991. The maximum Gasteiger partial charge on any atom is 0.410 e. The molecule has 1 fully saturated rings. The number of hydrogen-bond acceptors (Lipinski definition) is 4. The molecular formula is C17H23NO3S. The van der Waals surface area contributed by atoms with E-state index < -0.39 is 0 Å². The third-order valence-electron chi connectivity index (χ3n) is 4.02. The number of ether oxygens (including phenoxy) is 1. The monoisotopic (exact) mass is 321 g/mol. The summed E-state index contributed by atoms with van der Waals surface area (Å²) >= 11 is 1.43. The van der Waals surface area contributed by atoms with E-state index in [9.17, 15) is 9.59 Å². The standard InChI is InChI=1S/C17H23NO3S/c1-13(19)22-16-10-8-15(9-11-16)18(2)17(20)21-12-14-6-4-3-5-7-14/h3-7,15-16H,8-12H2,1-2H3. The number of hydrogen-bond donors (Lipinski definition) is 0. The van der Waals surface area contributed by atoms with Crippen LogP contribution in [0, 0.1) is 0 Å². The first kappa shape index (κ1) is 16.9. The molecule has 0 bridgehead atoms. The number of amides is 1. The van der Waals surface area contributed by atoms with E-state index in [-0.39, 0.29) is 17.3 Å². The minimum absolute atomic E-state index is 0.180. The Morgan fingerprint density at radius 1 is 1.18 bits per heavy atom. The molecule has 1 aliphatic rings. The number of carbonyl (C=O) groups is 2. The molecule has 0 aliphatic heterocycles. The van der Waals surface area contributed by atoms with Crippen LogP contribution < -0.4 is 0 Å². The maximum absolute atomic E-state index is 12.1. The van der Waals surface area contributed by atoms with Gasteiger partial charge in [-0.15, -0.1) is 0 Å². The van der Waals surface area contributed by atoms with Gasteiger partial charge in [-0.25, -0.2) is 4.79 Å². The zero-order valence-corrected chi connectivity index (χ0v) is 14.0. The molecule has 1 aromatic carbocycles. The fraction of sp³-hybridized carbons (Fsp3) is 0.529. The Bertz CT molecular complexity index is 498. The van der Waals surface area contributed by atoms with Crippen molar-refractivity contribution in [3.63, 3.8) is 0 Å². The van der Waals surface area contributed by atoms with Crippen molar-refractivity contribution in [2.45, 2.75) is 50.5 Å². The van der Waals surface area contributed by atoms with Crippen LogP contribution in [0.4, 0.5) is 4.79 Å². The van der Waals surface area contributed by atoms with Gasteiger partial charge >= 0.3 is 6.09 Å². The fourth-order valence-corrected chi connectivity index (χ4v) is 3.73. The van der Waals surface area contributed by atoms with E-state index in [2.05, 4.69) is 0 Å². The van der Waals surface area contributed by atoms with Crippen LogP contribution in [0.3, 0.4) is 0 Å². The third-order valence-corrected chi connectivity index (χ3v) is 5.15. The van der Waals surface area contributed by atoms with Crippen molar-refractivity contribution in [3.05, 3.63) is 35.9 Å². The van der Waals surface area contributed by atoms with Crippen LogP contribution in [-0.4, -0.2) is 34.4 Å². The fourth-order valence-electron chi connectivity index (χ4n) is 2.76. The molecule has 4 nitrogen and oxygen atoms in total. The van der Waals surface area contributed by atoms with Crippen molar-refractivity contribution in [1.82, 2.24) is 4.90 Å². The lowest BCUT2D eigenvalue weighted by Crippen LogP contribution is -2.40. The molecule has 0 aromatic heterocycles. The topological polar surface area (TPSA) is 46.6 Å². The first-order valence-corrected chi connectivity index (χ1v) is 8.55. The molecule has 0 unspecified atom stereocenters. The average Bonchev–Trinajstić information content (AvgIpc) is 2.53. The largest absolute Gasteiger partial charge is 0.445 e. The summed E-state index contributed by atoms with van der Waals surface area (Å²) < 4.78 is 5.36. The number of nitrogens with zero attached hydrogens (tertiary/aromatic N) is 1. The number of benzene rings is 1. The molecule has 2 rings (SSSR count). The summed E-state index contributed by atoms with van der Waals surface area (Å²) in [6.07, 6.45) is 3.55. The smallest absolute Gasteiger partial charge is 0.410 e. The van der Waals surface area contributed by atoms with Crippen molar-refractivity contribution in [2.24, 2.45) is 0 Å². The molecule has 5 heteroatoms. The molecule has 0 atom stereocenters. The highest BCUT2D eigenvalue weighted by atomic mass is 32.2. The van der Waals surface area contributed by atoms with Crippen molar-refractivity contribution in [3.8, 4) is 0 Å². The summed E-state index contributed by atoms with van der Waals surface area (Å²) in [6.45, 7) is 1.92. The van der Waals surface area contributed by atoms with Gasteiger partial charge in [0.25, 0.3) is 0 Å². The first-order valence-electron chi connectivity index (χ1n) is 7.67. The van der Waals surface area contributed by atoms with Crippen LogP contribution in [-0.2, 0) is 16.1 Å². The predicted molar refractivity (Wildman–Crippen MR) is 88.7 cm³/mol. The minimum atomic E-state index is -0.272. The van der Waals surface area contributed by atoms with Crippen molar-refractivity contribution in [2.75, 3.05) is 7.05 Å². The molecular weight excluding hydrogens is 298 g/mol. The molecule has 0 spiro atoms. The molecule has 1 saturated carbocycles. The van der Waals surface area contributed by atoms with Crippen LogP contribution in [0.25, 0.3) is 0 Å². The van der Waals surface area contributed by atoms with Crippen LogP contribution in [0.5, 0.6) is 0 Å². The Morgan fingerprint density at radius 3 is 2.41 bits per heavy atom. The summed E-state index contributed by atoms with van der Waals surface area (Å²) in [5, 5.41) is 0.585. The highest BCUT2D eigenvalue weighted by molar-refractivity contribution is 8.14. The van der Waals surface area contributed by atoms with Crippen molar-refractivity contribution < 1.29 is 14.3 Å². The van der Waals surface area contributed by atoms with E-state index in [0.717, 1.165) is 31.2 Å². The van der Waals surface area contributed by atoms with E-state index in [0.29, 0.717) is 11.9 Å². The van der Waals surface area contributed by atoms with Gasteiger partial charge in [-0.2, -0.15) is 0 Å². The molecule has 22 heavy (non-hydrogen) atoms. The molecule has 1 amide bonds. The van der Waals surface area contributed by atoms with Crippen molar-refractivity contribution >= 4 is 23.0 Å². The Kier molecular flexibility index (Phi) is 6.31. The Morgan fingerprint density at radius 2 is 1.82 bits per heavy atom. The summed E-state index contributed by atoms with van der Waals surface area (Å²) in [6, 6.07) is 9.90. The predicted octanol–water partition coefficient (Wildman–Crippen LogP) is 3.85. The van der Waals surface area contributed by atoms with Gasteiger partial charge in [-0.05, 0) is 31.2 Å². The van der Waals surface area contributed by atoms with Gasteiger partial charge < -0.3 is 9.64 Å². The van der Waals surface area contributed by atoms with E-state index in [1.54, 1.807) is 18.9 Å². The Labute approximate surface area is 136 Å². The molecule has 120 valence electrons. The molecule has 0 radical (unpaired) electrons. The lowest BCUT2D eigenvalue weighted by Gasteiger charge is -2.33. The van der Waals surface area contributed by atoms with Gasteiger partial charge in [-0.1, -0.05) is 42.1 Å². The number of thioether (sulfide) groups is 1. The van der Waals surface area contributed by atoms with Crippen LogP contribution >= 0.6 is 11.8 Å². The average molecular weight is 321 g/mol. The lowest BCUT2D eigenvalue weighted by atomic mass is 9.94. The van der Waals surface area contributed by atoms with Crippen LogP contribution in [0.2, 0.25) is 0 Å². The Hall–Kier alpha value is -1.49. The summed E-state index contributed by atoms with van der Waals surface area (Å²) in [5.74, 6) is 0. The quantitative estimate of drug-likeness (QED) is 0.845. The lowest BCUT2D eigenvalue weighted by molar-refractivity contribution is -0.109. The Balaban J connectivity index is 1.75. The van der Waals surface area contributed by atoms with Gasteiger partial charge in [-0.3, -0.25) is 4.79 Å². The second-order valence-corrected chi connectivity index (χ2v) is 7.17. The van der Waals surface area contributed by atoms with Gasteiger partial charge in [0.15, 0.2) is 5.12 Å². The zero-order chi connectivity index (χ0) is 15.9. The third kappa shape index (κ3) is 5.05. The molecule has 0 N–H and O–H groups in total. The second kappa shape index (κ2) is 8.22. The van der Waals surface area contributed by atoms with Gasteiger partial charge in [0, 0.05) is 25.3 Å². The molecule has 0 saturated heterocycles. The summed E-state index contributed by atoms with van der Waals surface area (Å²) in [4.78, 5) is 25.0. The van der Waals surface area contributed by atoms with E-state index in [1.165, 1.54) is 11.8 Å². The van der Waals surface area contributed by atoms with E-state index >= 15 is 0 Å². The number of carbonyl (C=O) groups excluding carboxylic acids is 2. The van der Waals surface area contributed by atoms with Gasteiger partial charge in [0.2, 0.25) is 0 Å². The van der Waals surface area contributed by atoms with Crippen LogP contribution in [0.1, 0.15) is 38.2 Å². The zero-order valence-electron chi connectivity index (χ0n) is 13.2. The van der Waals surface area contributed by atoms with Gasteiger partial charge in [0.1, 0.15) is 6.61 Å². The first-order chi connectivity index (χ1) is 10.6. The SMILES string of the molecule is CC(=O)SC1CCC(N(C)C(=O)OCc2ccccc2)CC1. The van der Waals surface area contributed by atoms with E-state index in [1.807, 2.05) is 30.3 Å². The normalized spacial score (nSPS) is 21.2. The van der Waals surface area contributed by atoms with Crippen LogP contribution in [0.15, 0.2) is 30.3 Å². The highest BCUT2D eigenvalue weighted by Crippen LogP contribution is 2.31. The molecule has 1 aliphatic carbocycles. The maximum atomic E-state index is 12.1. The van der Waals surface area contributed by atoms with E-state index in [4.69, 9.17) is 4.74 Å². The minimum Gasteiger partial charge on any atom is -0.445 e. The van der Waals surface area contributed by atoms with Gasteiger partial charge in [0.05, 0.1) is 0 Å². The van der Waals surface area contributed by atoms with Crippen molar-refractivity contribution in [1.29, 1.82) is 0 Å². The molecule has 0 heterocycles. The molecule has 1 aromatic rings. The second-order valence-electron chi connectivity index (χ2n) is 5.69. The summed E-state index contributed by atoms with van der Waals surface area (Å²) in [7, 11) is 1.80. The highest BCUT2D eigenvalue weighted by Gasteiger charge is 2.28.